The van der Waals surface area contributed by atoms with Crippen LogP contribution in [0.15, 0.2) is 0 Å². The lowest BCUT2D eigenvalue weighted by Crippen LogP contribution is -2.41. The van der Waals surface area contributed by atoms with Gasteiger partial charge in [-0.05, 0) is 47.5 Å². The van der Waals surface area contributed by atoms with Crippen molar-refractivity contribution in [2.45, 2.75) is 83.8 Å². The Balaban J connectivity index is 4.09. The summed E-state index contributed by atoms with van der Waals surface area (Å²) < 4.78 is 5.83. The van der Waals surface area contributed by atoms with E-state index in [1.54, 1.807) is 13.8 Å². The predicted molar refractivity (Wildman–Crippen MR) is 84.8 cm³/mol. The number of hydrogen-bond acceptors (Lipinski definition) is 3. The van der Waals surface area contributed by atoms with Gasteiger partial charge in [-0.3, -0.25) is 0 Å². The maximum atomic E-state index is 9.66. The maximum absolute atomic E-state index is 9.66. The number of aliphatic hydroxyl groups is 1. The van der Waals surface area contributed by atoms with Crippen LogP contribution in [0.4, 0.5) is 0 Å². The van der Waals surface area contributed by atoms with Gasteiger partial charge < -0.3 is 15.6 Å². The average molecular weight is 267 g/mol. The van der Waals surface area contributed by atoms with Gasteiger partial charge >= 0.3 is 0 Å². The molecule has 110 valence electrons. The fourth-order valence-corrected chi connectivity index (χ4v) is 1.94. The second-order valence-corrected chi connectivity index (χ2v) is 7.52. The van der Waals surface area contributed by atoms with E-state index in [-0.39, 0.29) is 16.9 Å². The van der Waals surface area contributed by atoms with E-state index >= 15 is 0 Å². The van der Waals surface area contributed by atoms with Crippen LogP contribution >= 0.6 is 0 Å². The van der Waals surface area contributed by atoms with Gasteiger partial charge in [0.2, 0.25) is 0 Å². The molecule has 0 aliphatic rings. The van der Waals surface area contributed by atoms with Crippen LogP contribution in [0.5, 0.6) is 0 Å². The molecule has 3 N–H and O–H groups in total. The zero-order valence-electron chi connectivity index (χ0n) is 13.8. The predicted octanol–water partition coefficient (Wildman–Crippen LogP) is 2.16. The van der Waals surface area contributed by atoms with Gasteiger partial charge in [-0.25, -0.2) is 0 Å². The highest BCUT2D eigenvalue weighted by molar-refractivity contribution is 7.03. The third-order valence-corrected chi connectivity index (χ3v) is 2.97. The Kier molecular flexibility index (Phi) is 7.15. The van der Waals surface area contributed by atoms with Crippen LogP contribution in [0.25, 0.3) is 0 Å². The molecule has 5 heteroatoms. The van der Waals surface area contributed by atoms with Crippen LogP contribution in [-0.2, 0) is 4.74 Å². The minimum Gasteiger partial charge on any atom is -0.390 e. The van der Waals surface area contributed by atoms with Crippen LogP contribution in [0.2, 0.25) is 5.31 Å². The minimum atomic E-state index is -0.673. The standard InChI is InChI=1S/C14H31B2NO2/c1-11(17)10-12(2,3)15-16-14(6,7)19-9-8-13(4,5)18/h11,18H,8-10,17H2,1-7H3. The Morgan fingerprint density at radius 3 is 2.05 bits per heavy atom. The molecule has 2 radical (unpaired) electrons. The summed E-state index contributed by atoms with van der Waals surface area (Å²) in [5.41, 5.74) is 4.86. The molecule has 0 saturated heterocycles. The smallest absolute Gasteiger partial charge is 0.109 e. The number of ether oxygens (including phenoxy) is 1. The van der Waals surface area contributed by atoms with Crippen molar-refractivity contribution in [1.82, 2.24) is 0 Å². The van der Waals surface area contributed by atoms with E-state index in [4.69, 9.17) is 10.5 Å². The molecule has 0 fully saturated rings. The second-order valence-electron chi connectivity index (χ2n) is 7.52. The molecule has 0 aromatic heterocycles. The molecular weight excluding hydrogens is 236 g/mol. The molecule has 0 saturated carbocycles. The zero-order valence-corrected chi connectivity index (χ0v) is 13.8. The van der Waals surface area contributed by atoms with Crippen LogP contribution in [-0.4, -0.2) is 43.2 Å². The Morgan fingerprint density at radius 1 is 1.11 bits per heavy atom. The van der Waals surface area contributed by atoms with Crippen molar-refractivity contribution in [1.29, 1.82) is 0 Å². The van der Waals surface area contributed by atoms with Gasteiger partial charge in [0.1, 0.15) is 7.17 Å². The van der Waals surface area contributed by atoms with Crippen molar-refractivity contribution >= 4 is 14.3 Å². The number of nitrogens with two attached hydrogens (primary N) is 1. The highest BCUT2D eigenvalue weighted by Gasteiger charge is 2.27. The lowest BCUT2D eigenvalue weighted by Gasteiger charge is -2.32. The largest absolute Gasteiger partial charge is 0.390 e. The van der Waals surface area contributed by atoms with Crippen LogP contribution in [0, 0.1) is 0 Å². The van der Waals surface area contributed by atoms with Crippen LogP contribution in [0.1, 0.15) is 61.3 Å². The fourth-order valence-electron chi connectivity index (χ4n) is 1.94. The quantitative estimate of drug-likeness (QED) is 0.629. The Bertz CT molecular complexity index is 261. The van der Waals surface area contributed by atoms with E-state index < -0.39 is 5.60 Å². The summed E-state index contributed by atoms with van der Waals surface area (Å²) >= 11 is 0. The summed E-state index contributed by atoms with van der Waals surface area (Å²) in [6.07, 6.45) is 1.58. The van der Waals surface area contributed by atoms with Crippen LogP contribution in [0.3, 0.4) is 0 Å². The van der Waals surface area contributed by atoms with Crippen molar-refractivity contribution in [2.75, 3.05) is 6.61 Å². The molecule has 0 rings (SSSR count). The monoisotopic (exact) mass is 267 g/mol. The van der Waals surface area contributed by atoms with Gasteiger partial charge in [-0.1, -0.05) is 19.2 Å². The molecule has 0 aliphatic carbocycles. The molecule has 1 unspecified atom stereocenters. The lowest BCUT2D eigenvalue weighted by molar-refractivity contribution is -0.00672. The fraction of sp³-hybridized carbons (Fsp3) is 1.00. The van der Waals surface area contributed by atoms with Gasteiger partial charge in [0.25, 0.3) is 0 Å². The number of rotatable bonds is 9. The second kappa shape index (κ2) is 7.14. The van der Waals surface area contributed by atoms with Crippen molar-refractivity contribution in [3.8, 4) is 0 Å². The Hall–Kier alpha value is 0.00987. The first kappa shape index (κ1) is 19.0. The van der Waals surface area contributed by atoms with Gasteiger partial charge in [0.15, 0.2) is 0 Å². The summed E-state index contributed by atoms with van der Waals surface area (Å²) in [5.74, 6) is 0. The molecular formula is C14H31B2NO2. The van der Waals surface area contributed by atoms with E-state index in [0.717, 1.165) is 6.42 Å². The van der Waals surface area contributed by atoms with Crippen molar-refractivity contribution in [2.24, 2.45) is 5.73 Å². The van der Waals surface area contributed by atoms with Gasteiger partial charge in [0, 0.05) is 18.1 Å². The molecule has 0 amide bonds. The van der Waals surface area contributed by atoms with Crippen molar-refractivity contribution in [3.63, 3.8) is 0 Å². The van der Waals surface area contributed by atoms with Gasteiger partial charge in [-0.2, -0.15) is 0 Å². The summed E-state index contributed by atoms with van der Waals surface area (Å²) in [6.45, 7) is 14.6. The molecule has 0 aromatic carbocycles. The van der Waals surface area contributed by atoms with E-state index in [9.17, 15) is 5.11 Å². The maximum Gasteiger partial charge on any atom is 0.109 e. The zero-order chi connectivity index (χ0) is 15.3. The summed E-state index contributed by atoms with van der Waals surface area (Å²) in [6, 6.07) is 0.193. The van der Waals surface area contributed by atoms with Gasteiger partial charge in [-0.15, -0.1) is 0 Å². The SMILES string of the molecule is CC(N)CC(C)(C)[B][B]C(C)(C)OCCC(C)(C)O. The first-order chi connectivity index (χ1) is 8.33. The molecule has 0 aliphatic heterocycles. The van der Waals surface area contributed by atoms with Crippen molar-refractivity contribution < 1.29 is 9.84 Å². The molecule has 0 heterocycles. The molecule has 0 bridgehead atoms. The molecule has 0 spiro atoms. The van der Waals surface area contributed by atoms with E-state index in [2.05, 4.69) is 28.2 Å². The topological polar surface area (TPSA) is 55.5 Å². The Morgan fingerprint density at radius 2 is 1.63 bits per heavy atom. The highest BCUT2D eigenvalue weighted by Crippen LogP contribution is 2.29. The normalized spacial score (nSPS) is 15.2. The third-order valence-electron chi connectivity index (χ3n) is 2.97. The summed E-state index contributed by atoms with van der Waals surface area (Å²) in [4.78, 5) is 0. The molecule has 19 heavy (non-hydrogen) atoms. The Labute approximate surface area is 121 Å². The summed E-state index contributed by atoms with van der Waals surface area (Å²) in [5, 5.41) is 9.74. The minimum absolute atomic E-state index is 0.0745. The highest BCUT2D eigenvalue weighted by atomic mass is 16.5. The molecule has 0 aromatic rings. The first-order valence-electron chi connectivity index (χ1n) is 7.15. The van der Waals surface area contributed by atoms with Crippen molar-refractivity contribution in [3.05, 3.63) is 0 Å². The van der Waals surface area contributed by atoms with E-state index in [1.807, 2.05) is 20.8 Å². The molecule has 1 atom stereocenters. The third kappa shape index (κ3) is 11.5. The van der Waals surface area contributed by atoms with Crippen LogP contribution < -0.4 is 5.73 Å². The number of hydrogen-bond donors (Lipinski definition) is 2. The van der Waals surface area contributed by atoms with Gasteiger partial charge in [0.05, 0.1) is 12.8 Å². The first-order valence-corrected chi connectivity index (χ1v) is 7.15. The average Bonchev–Trinajstić information content (AvgIpc) is 2.10. The summed E-state index contributed by atoms with van der Waals surface area (Å²) in [7, 11) is 4.28. The van der Waals surface area contributed by atoms with E-state index in [0.29, 0.717) is 13.0 Å². The lowest BCUT2D eigenvalue weighted by atomic mass is 9.24. The van der Waals surface area contributed by atoms with E-state index in [1.165, 1.54) is 0 Å². The molecule has 3 nitrogen and oxygen atoms in total.